The van der Waals surface area contributed by atoms with Crippen LogP contribution >= 0.6 is 0 Å². The van der Waals surface area contributed by atoms with Gasteiger partial charge in [-0.1, -0.05) is 5.92 Å². The molecule has 102 valence electrons. The Labute approximate surface area is 111 Å². The van der Waals surface area contributed by atoms with Gasteiger partial charge >= 0.3 is 5.97 Å². The molecule has 0 aliphatic heterocycles. The number of carbonyl (C=O) groups is 3. The number of hydrogen-bond acceptors (Lipinski definition) is 5. The SMILES string of the molecule is COC(=O)CCCC#CCC1=C[C@H](OC=O)CC1=O. The van der Waals surface area contributed by atoms with Gasteiger partial charge in [0.05, 0.1) is 13.5 Å². The van der Waals surface area contributed by atoms with E-state index in [1.54, 1.807) is 6.08 Å². The number of ether oxygens (including phenoxy) is 2. The summed E-state index contributed by atoms with van der Waals surface area (Å²) in [5.41, 5.74) is 0.590. The van der Waals surface area contributed by atoms with Crippen molar-refractivity contribution in [3.8, 4) is 11.8 Å². The Morgan fingerprint density at radius 2 is 2.32 bits per heavy atom. The lowest BCUT2D eigenvalue weighted by Crippen LogP contribution is -2.07. The van der Waals surface area contributed by atoms with E-state index in [1.165, 1.54) is 7.11 Å². The minimum atomic E-state index is -0.443. The molecule has 0 aromatic carbocycles. The quantitative estimate of drug-likeness (QED) is 0.312. The molecule has 0 unspecified atom stereocenters. The zero-order chi connectivity index (χ0) is 14.1. The van der Waals surface area contributed by atoms with Crippen molar-refractivity contribution in [1.82, 2.24) is 0 Å². The van der Waals surface area contributed by atoms with Crippen molar-refractivity contribution in [3.63, 3.8) is 0 Å². The number of rotatable bonds is 6. The van der Waals surface area contributed by atoms with E-state index in [2.05, 4.69) is 16.6 Å². The molecule has 0 amide bonds. The van der Waals surface area contributed by atoms with Crippen LogP contribution in [-0.2, 0) is 23.9 Å². The minimum absolute atomic E-state index is 0.0317. The van der Waals surface area contributed by atoms with Crippen LogP contribution < -0.4 is 0 Å². The topological polar surface area (TPSA) is 69.7 Å². The van der Waals surface area contributed by atoms with E-state index < -0.39 is 6.10 Å². The van der Waals surface area contributed by atoms with Crippen molar-refractivity contribution in [2.24, 2.45) is 0 Å². The van der Waals surface area contributed by atoms with Gasteiger partial charge < -0.3 is 9.47 Å². The first-order valence-corrected chi connectivity index (χ1v) is 6.03. The lowest BCUT2D eigenvalue weighted by atomic mass is 10.1. The highest BCUT2D eigenvalue weighted by molar-refractivity contribution is 5.98. The maximum atomic E-state index is 11.5. The number of unbranched alkanes of at least 4 members (excludes halogenated alkanes) is 1. The van der Waals surface area contributed by atoms with E-state index in [0.29, 0.717) is 37.7 Å². The summed E-state index contributed by atoms with van der Waals surface area (Å²) >= 11 is 0. The lowest BCUT2D eigenvalue weighted by Gasteiger charge is -2.00. The number of Topliss-reactive ketones (excluding diaryl/α,β-unsaturated/α-hetero) is 1. The fourth-order valence-corrected chi connectivity index (χ4v) is 1.68. The Kier molecular flexibility index (Phi) is 6.37. The van der Waals surface area contributed by atoms with Gasteiger partial charge in [0.25, 0.3) is 6.47 Å². The molecule has 0 bridgehead atoms. The molecule has 1 rings (SSSR count). The molecule has 0 N–H and O–H groups in total. The van der Waals surface area contributed by atoms with Gasteiger partial charge in [0.1, 0.15) is 6.10 Å². The highest BCUT2D eigenvalue weighted by atomic mass is 16.5. The molecule has 0 heterocycles. The monoisotopic (exact) mass is 264 g/mol. The molecular formula is C14H16O5. The van der Waals surface area contributed by atoms with E-state index >= 15 is 0 Å². The molecule has 1 aliphatic rings. The van der Waals surface area contributed by atoms with Crippen LogP contribution in [-0.4, -0.2) is 31.4 Å². The molecule has 0 saturated carbocycles. The van der Waals surface area contributed by atoms with Gasteiger partial charge in [0, 0.05) is 24.8 Å². The molecule has 19 heavy (non-hydrogen) atoms. The second kappa shape index (κ2) is 8.09. The number of methoxy groups -OCH3 is 1. The predicted octanol–water partition coefficient (Wildman–Crippen LogP) is 1.16. The summed E-state index contributed by atoms with van der Waals surface area (Å²) < 4.78 is 9.21. The van der Waals surface area contributed by atoms with Gasteiger partial charge in [-0.05, 0) is 12.5 Å². The fraction of sp³-hybridized carbons (Fsp3) is 0.500. The highest BCUT2D eigenvalue weighted by Gasteiger charge is 2.23. The third kappa shape index (κ3) is 5.38. The number of ketones is 1. The maximum Gasteiger partial charge on any atom is 0.305 e. The van der Waals surface area contributed by atoms with Crippen LogP contribution in [0.2, 0.25) is 0 Å². The molecule has 0 aromatic rings. The van der Waals surface area contributed by atoms with Crippen molar-refractivity contribution < 1.29 is 23.9 Å². The van der Waals surface area contributed by atoms with E-state index in [9.17, 15) is 14.4 Å². The largest absolute Gasteiger partial charge is 0.469 e. The van der Waals surface area contributed by atoms with Crippen molar-refractivity contribution in [1.29, 1.82) is 0 Å². The van der Waals surface area contributed by atoms with Crippen molar-refractivity contribution >= 4 is 18.2 Å². The number of hydrogen-bond donors (Lipinski definition) is 0. The van der Waals surface area contributed by atoms with Crippen LogP contribution in [0.25, 0.3) is 0 Å². The van der Waals surface area contributed by atoms with Gasteiger partial charge in [0.2, 0.25) is 0 Å². The second-order valence-corrected chi connectivity index (χ2v) is 4.05. The zero-order valence-corrected chi connectivity index (χ0v) is 10.8. The third-order valence-electron chi connectivity index (χ3n) is 2.68. The number of allylic oxidation sites excluding steroid dienone is 1. The Balaban J connectivity index is 2.29. The summed E-state index contributed by atoms with van der Waals surface area (Å²) in [5, 5.41) is 0. The molecule has 5 heteroatoms. The summed E-state index contributed by atoms with van der Waals surface area (Å²) in [6.45, 7) is 0.343. The van der Waals surface area contributed by atoms with Gasteiger partial charge in [-0.25, -0.2) is 0 Å². The Morgan fingerprint density at radius 1 is 1.53 bits per heavy atom. The van der Waals surface area contributed by atoms with Crippen LogP contribution in [0, 0.1) is 11.8 Å². The van der Waals surface area contributed by atoms with E-state index in [4.69, 9.17) is 4.74 Å². The zero-order valence-electron chi connectivity index (χ0n) is 10.8. The molecule has 1 atom stereocenters. The molecule has 0 saturated heterocycles. The van der Waals surface area contributed by atoms with E-state index in [0.717, 1.165) is 0 Å². The van der Waals surface area contributed by atoms with Crippen LogP contribution in [0.5, 0.6) is 0 Å². The van der Waals surface area contributed by atoms with Crippen LogP contribution in [0.15, 0.2) is 11.6 Å². The summed E-state index contributed by atoms with van der Waals surface area (Å²) in [4.78, 5) is 32.5. The van der Waals surface area contributed by atoms with Crippen molar-refractivity contribution in [3.05, 3.63) is 11.6 Å². The normalized spacial score (nSPS) is 17.2. The van der Waals surface area contributed by atoms with E-state index in [1.807, 2.05) is 0 Å². The van der Waals surface area contributed by atoms with Gasteiger partial charge in [-0.15, -0.1) is 5.92 Å². The summed E-state index contributed by atoms with van der Waals surface area (Å²) in [5.74, 6) is 5.50. The molecule has 5 nitrogen and oxygen atoms in total. The smallest absolute Gasteiger partial charge is 0.305 e. The number of esters is 1. The first-order chi connectivity index (χ1) is 9.17. The first kappa shape index (κ1) is 15.0. The maximum absolute atomic E-state index is 11.5. The van der Waals surface area contributed by atoms with Gasteiger partial charge in [0.15, 0.2) is 5.78 Å². The van der Waals surface area contributed by atoms with Crippen LogP contribution in [0.3, 0.4) is 0 Å². The predicted molar refractivity (Wildman–Crippen MR) is 66.9 cm³/mol. The highest BCUT2D eigenvalue weighted by Crippen LogP contribution is 2.19. The third-order valence-corrected chi connectivity index (χ3v) is 2.68. The molecule has 0 fully saturated rings. The molecule has 0 radical (unpaired) electrons. The lowest BCUT2D eigenvalue weighted by molar-refractivity contribution is -0.140. The average molecular weight is 264 g/mol. The second-order valence-electron chi connectivity index (χ2n) is 4.05. The fourth-order valence-electron chi connectivity index (χ4n) is 1.68. The summed E-state index contributed by atoms with van der Waals surface area (Å²) in [7, 11) is 1.35. The van der Waals surface area contributed by atoms with Crippen LogP contribution in [0.4, 0.5) is 0 Å². The Morgan fingerprint density at radius 3 is 3.00 bits per heavy atom. The van der Waals surface area contributed by atoms with Crippen LogP contribution in [0.1, 0.15) is 32.1 Å². The summed E-state index contributed by atoms with van der Waals surface area (Å²) in [6.07, 6.45) is 3.34. The first-order valence-electron chi connectivity index (χ1n) is 6.03. The Bertz CT molecular complexity index is 438. The molecular weight excluding hydrogens is 248 g/mol. The van der Waals surface area contributed by atoms with Gasteiger partial charge in [-0.2, -0.15) is 0 Å². The van der Waals surface area contributed by atoms with Gasteiger partial charge in [-0.3, -0.25) is 14.4 Å². The van der Waals surface area contributed by atoms with Crippen molar-refractivity contribution in [2.75, 3.05) is 7.11 Å². The molecule has 1 aliphatic carbocycles. The van der Waals surface area contributed by atoms with Crippen molar-refractivity contribution in [2.45, 2.75) is 38.2 Å². The van der Waals surface area contributed by atoms with E-state index in [-0.39, 0.29) is 18.2 Å². The standard InChI is InChI=1S/C14H16O5/c1-18-14(17)7-5-3-2-4-6-11-8-12(19-10-15)9-13(11)16/h8,10,12H,3,5-7,9H2,1H3/t12-/m0/s1. The minimum Gasteiger partial charge on any atom is -0.469 e. The molecule has 0 spiro atoms. The summed E-state index contributed by atoms with van der Waals surface area (Å²) in [6, 6.07) is 0. The number of carbonyl (C=O) groups excluding carboxylic acids is 3. The average Bonchev–Trinajstić information content (AvgIpc) is 2.74. The molecule has 0 aromatic heterocycles. The Hall–Kier alpha value is -2.09.